The van der Waals surface area contributed by atoms with E-state index in [9.17, 15) is 0 Å². The Balaban J connectivity index is 1.63. The van der Waals surface area contributed by atoms with E-state index in [4.69, 9.17) is 9.26 Å². The lowest BCUT2D eigenvalue weighted by Crippen LogP contribution is -2.05. The van der Waals surface area contributed by atoms with Crippen LogP contribution < -0.4 is 4.74 Å². The van der Waals surface area contributed by atoms with Crippen molar-refractivity contribution < 1.29 is 9.26 Å². The van der Waals surface area contributed by atoms with Crippen LogP contribution in [0.5, 0.6) is 5.75 Å². The fourth-order valence-corrected chi connectivity index (χ4v) is 3.19. The van der Waals surface area contributed by atoms with E-state index in [1.54, 1.807) is 7.11 Å². The molecule has 0 aliphatic heterocycles. The highest BCUT2D eigenvalue weighted by molar-refractivity contribution is 5.56. The van der Waals surface area contributed by atoms with Gasteiger partial charge in [0.1, 0.15) is 5.75 Å². The van der Waals surface area contributed by atoms with E-state index < -0.39 is 0 Å². The van der Waals surface area contributed by atoms with Crippen molar-refractivity contribution in [1.29, 1.82) is 0 Å². The molecule has 0 saturated heterocycles. The summed E-state index contributed by atoms with van der Waals surface area (Å²) in [5.74, 6) is 2.12. The Kier molecular flexibility index (Phi) is 4.97. The van der Waals surface area contributed by atoms with Gasteiger partial charge in [0.05, 0.1) is 7.11 Å². The molecule has 0 aliphatic rings. The quantitative estimate of drug-likeness (QED) is 0.481. The van der Waals surface area contributed by atoms with Crippen molar-refractivity contribution in [1.82, 2.24) is 10.1 Å². The van der Waals surface area contributed by atoms with Gasteiger partial charge in [-0.2, -0.15) is 4.98 Å². The van der Waals surface area contributed by atoms with E-state index in [0.29, 0.717) is 18.1 Å². The molecule has 4 rings (SSSR count). The van der Waals surface area contributed by atoms with Gasteiger partial charge < -0.3 is 9.26 Å². The largest absolute Gasteiger partial charge is 0.497 e. The Morgan fingerprint density at radius 3 is 2.15 bits per heavy atom. The summed E-state index contributed by atoms with van der Waals surface area (Å²) in [6.07, 6.45) is 0.644. The number of ether oxygens (including phenoxy) is 1. The maximum Gasteiger partial charge on any atom is 0.227 e. The molecule has 0 amide bonds. The molecule has 0 atom stereocenters. The van der Waals surface area contributed by atoms with Crippen LogP contribution in [0.25, 0.3) is 11.4 Å². The summed E-state index contributed by atoms with van der Waals surface area (Å²) >= 11 is 0. The molecule has 4 nitrogen and oxygen atoms in total. The van der Waals surface area contributed by atoms with Crippen molar-refractivity contribution in [3.05, 3.63) is 102 Å². The number of hydrogen-bond acceptors (Lipinski definition) is 4. The maximum atomic E-state index is 5.56. The summed E-state index contributed by atoms with van der Waals surface area (Å²) in [7, 11) is 1.64. The normalized spacial score (nSPS) is 10.9. The highest BCUT2D eigenvalue weighted by atomic mass is 16.5. The Morgan fingerprint density at radius 2 is 1.52 bits per heavy atom. The van der Waals surface area contributed by atoms with Crippen LogP contribution in [0.2, 0.25) is 0 Å². The zero-order valence-corrected chi connectivity index (χ0v) is 15.1. The molecular weight excluding hydrogens is 336 g/mol. The summed E-state index contributed by atoms with van der Waals surface area (Å²) in [5.41, 5.74) is 3.33. The molecule has 0 radical (unpaired) electrons. The first-order valence-electron chi connectivity index (χ1n) is 8.90. The zero-order valence-electron chi connectivity index (χ0n) is 15.1. The predicted octanol–water partition coefficient (Wildman–Crippen LogP) is 5.12. The van der Waals surface area contributed by atoms with Crippen LogP contribution in [0.15, 0.2) is 89.5 Å². The lowest BCUT2D eigenvalue weighted by molar-refractivity contribution is 0.374. The molecule has 1 heterocycles. The van der Waals surface area contributed by atoms with Crippen LogP contribution in [0, 0.1) is 0 Å². The van der Waals surface area contributed by atoms with E-state index in [1.807, 2.05) is 36.4 Å². The first-order chi connectivity index (χ1) is 13.3. The topological polar surface area (TPSA) is 48.2 Å². The van der Waals surface area contributed by atoms with Crippen LogP contribution in [-0.4, -0.2) is 17.3 Å². The standard InChI is InChI=1S/C23H20N2O2/c1-26-20-14-8-13-19(15-20)23-24-22(27-25-23)16-21(17-9-4-2-5-10-17)18-11-6-3-7-12-18/h2-15,21H,16H2,1H3. The number of nitrogens with zero attached hydrogens (tertiary/aromatic N) is 2. The van der Waals surface area contributed by atoms with Crippen molar-refractivity contribution in [2.24, 2.45) is 0 Å². The predicted molar refractivity (Wildman–Crippen MR) is 105 cm³/mol. The first kappa shape index (κ1) is 17.0. The van der Waals surface area contributed by atoms with Gasteiger partial charge in [-0.3, -0.25) is 0 Å². The van der Waals surface area contributed by atoms with Gasteiger partial charge in [0.25, 0.3) is 0 Å². The third kappa shape index (κ3) is 3.90. The number of aromatic nitrogens is 2. The maximum absolute atomic E-state index is 5.56. The minimum atomic E-state index is 0.158. The zero-order chi connectivity index (χ0) is 18.5. The molecule has 3 aromatic carbocycles. The van der Waals surface area contributed by atoms with Crippen LogP contribution in [-0.2, 0) is 6.42 Å². The van der Waals surface area contributed by atoms with E-state index in [-0.39, 0.29) is 5.92 Å². The van der Waals surface area contributed by atoms with Gasteiger partial charge in [-0.05, 0) is 23.3 Å². The molecule has 0 saturated carbocycles. The Hall–Kier alpha value is -3.40. The van der Waals surface area contributed by atoms with Crippen molar-refractivity contribution in [3.63, 3.8) is 0 Å². The number of hydrogen-bond donors (Lipinski definition) is 0. The van der Waals surface area contributed by atoms with Gasteiger partial charge in [0.15, 0.2) is 0 Å². The highest BCUT2D eigenvalue weighted by Crippen LogP contribution is 2.29. The monoisotopic (exact) mass is 356 g/mol. The summed E-state index contributed by atoms with van der Waals surface area (Å²) < 4.78 is 10.8. The van der Waals surface area contributed by atoms with Crippen molar-refractivity contribution in [2.45, 2.75) is 12.3 Å². The fraction of sp³-hybridized carbons (Fsp3) is 0.130. The number of methoxy groups -OCH3 is 1. The van der Waals surface area contributed by atoms with Crippen molar-refractivity contribution in [2.75, 3.05) is 7.11 Å². The fourth-order valence-electron chi connectivity index (χ4n) is 3.19. The van der Waals surface area contributed by atoms with Crippen LogP contribution in [0.3, 0.4) is 0 Å². The average Bonchev–Trinajstić information content (AvgIpc) is 3.22. The molecule has 0 unspecified atom stereocenters. The summed E-state index contributed by atoms with van der Waals surface area (Å²) in [5, 5.41) is 4.16. The van der Waals surface area contributed by atoms with Crippen molar-refractivity contribution >= 4 is 0 Å². The summed E-state index contributed by atoms with van der Waals surface area (Å²) in [4.78, 5) is 4.61. The van der Waals surface area contributed by atoms with Gasteiger partial charge in [-0.1, -0.05) is 78.0 Å². The van der Waals surface area contributed by atoms with E-state index >= 15 is 0 Å². The smallest absolute Gasteiger partial charge is 0.227 e. The minimum Gasteiger partial charge on any atom is -0.497 e. The third-order valence-corrected chi connectivity index (χ3v) is 4.58. The second-order valence-electron chi connectivity index (χ2n) is 6.32. The number of rotatable bonds is 6. The van der Waals surface area contributed by atoms with Gasteiger partial charge >= 0.3 is 0 Å². The molecule has 0 N–H and O–H groups in total. The molecular formula is C23H20N2O2. The summed E-state index contributed by atoms with van der Waals surface area (Å²) in [6, 6.07) is 28.5. The molecule has 4 heteroatoms. The highest BCUT2D eigenvalue weighted by Gasteiger charge is 2.19. The Bertz CT molecular complexity index is 958. The second kappa shape index (κ2) is 7.87. The lowest BCUT2D eigenvalue weighted by atomic mass is 9.88. The molecule has 0 spiro atoms. The van der Waals surface area contributed by atoms with Gasteiger partial charge in [0, 0.05) is 17.9 Å². The molecule has 1 aromatic heterocycles. The SMILES string of the molecule is COc1cccc(-c2noc(CC(c3ccccc3)c3ccccc3)n2)c1. The summed E-state index contributed by atoms with van der Waals surface area (Å²) in [6.45, 7) is 0. The van der Waals surface area contributed by atoms with E-state index in [0.717, 1.165) is 11.3 Å². The van der Waals surface area contributed by atoms with E-state index in [1.165, 1.54) is 11.1 Å². The molecule has 0 aliphatic carbocycles. The van der Waals surface area contributed by atoms with Crippen LogP contribution in [0.4, 0.5) is 0 Å². The van der Waals surface area contributed by atoms with Crippen molar-refractivity contribution in [3.8, 4) is 17.1 Å². The Labute approximate surface area is 158 Å². The molecule has 0 fully saturated rings. The molecule has 0 bridgehead atoms. The average molecular weight is 356 g/mol. The Morgan fingerprint density at radius 1 is 0.852 bits per heavy atom. The second-order valence-corrected chi connectivity index (χ2v) is 6.32. The van der Waals surface area contributed by atoms with Gasteiger partial charge in [-0.15, -0.1) is 0 Å². The van der Waals surface area contributed by atoms with Crippen LogP contribution in [0.1, 0.15) is 22.9 Å². The first-order valence-corrected chi connectivity index (χ1v) is 8.90. The molecule has 27 heavy (non-hydrogen) atoms. The van der Waals surface area contributed by atoms with Gasteiger partial charge in [-0.25, -0.2) is 0 Å². The van der Waals surface area contributed by atoms with Crippen LogP contribution >= 0.6 is 0 Å². The van der Waals surface area contributed by atoms with E-state index in [2.05, 4.69) is 58.7 Å². The number of benzene rings is 3. The molecule has 134 valence electrons. The molecule has 4 aromatic rings. The minimum absolute atomic E-state index is 0.158. The third-order valence-electron chi connectivity index (χ3n) is 4.58. The van der Waals surface area contributed by atoms with Gasteiger partial charge in [0.2, 0.25) is 11.7 Å². The lowest BCUT2D eigenvalue weighted by Gasteiger charge is -2.16.